The molecule has 2 saturated heterocycles. The molecule has 0 radical (unpaired) electrons. The molecular weight excluding hydrogens is 700 g/mol. The van der Waals surface area contributed by atoms with E-state index in [-0.39, 0.29) is 12.0 Å². The fraction of sp³-hybridized carbons (Fsp3) is 0.581. The van der Waals surface area contributed by atoms with Crippen molar-refractivity contribution in [1.82, 2.24) is 14.8 Å². The summed E-state index contributed by atoms with van der Waals surface area (Å²) < 4.78 is 17.5. The Kier molecular flexibility index (Phi) is 8.36. The summed E-state index contributed by atoms with van der Waals surface area (Å²) in [6, 6.07) is 10.9. The largest absolute Gasteiger partial charge is 0.496 e. The molecule has 6 aliphatic rings. The summed E-state index contributed by atoms with van der Waals surface area (Å²) >= 11 is 0. The summed E-state index contributed by atoms with van der Waals surface area (Å²) in [5.74, 6) is -0.948. The standard InChI is InChI=1S/C43H54N4O8/c1-6-39(51)21-25-22-42(37(49)54-4,33-27(13-17-46(23-25)24-39)26-11-8-9-12-30(26)44-33)29-19-28-31(20-32(29)53-3)45-34-41(28)15-18-47-16-10-14-40(7-2,35(41)47)36(48)43(34,52)38(50)55-5/h8-12,14,19-20,25,34-36,44-45,48,51-52H,6-7,13,15-18,21-24H2,1-5H3. The zero-order chi connectivity index (χ0) is 38.7. The summed E-state index contributed by atoms with van der Waals surface area (Å²) in [5.41, 5.74) is -1.58. The van der Waals surface area contributed by atoms with Crippen LogP contribution in [0.25, 0.3) is 10.9 Å². The zero-order valence-corrected chi connectivity index (χ0v) is 32.5. The van der Waals surface area contributed by atoms with Crippen molar-refractivity contribution in [2.24, 2.45) is 11.3 Å². The molecule has 1 saturated carbocycles. The highest BCUT2D eigenvalue weighted by atomic mass is 16.5. The second-order valence-corrected chi connectivity index (χ2v) is 17.2. The van der Waals surface area contributed by atoms with E-state index < -0.39 is 51.5 Å². The van der Waals surface area contributed by atoms with Crippen LogP contribution in [0.3, 0.4) is 0 Å². The predicted molar refractivity (Wildman–Crippen MR) is 206 cm³/mol. The lowest BCUT2D eigenvalue weighted by Gasteiger charge is -2.62. The number of aliphatic hydroxyl groups excluding tert-OH is 1. The molecule has 294 valence electrons. The minimum atomic E-state index is -2.30. The number of esters is 2. The summed E-state index contributed by atoms with van der Waals surface area (Å²) in [7, 11) is 4.27. The molecule has 12 nitrogen and oxygen atoms in total. The first-order valence-electron chi connectivity index (χ1n) is 19.9. The van der Waals surface area contributed by atoms with Crippen LogP contribution in [-0.2, 0) is 36.3 Å². The highest BCUT2D eigenvalue weighted by Gasteiger charge is 2.78. The van der Waals surface area contributed by atoms with Crippen LogP contribution in [0.4, 0.5) is 5.69 Å². The molecule has 5 N–H and O–H groups in total. The number of methoxy groups -OCH3 is 3. The number of benzene rings is 2. The maximum absolute atomic E-state index is 15.2. The first-order valence-corrected chi connectivity index (χ1v) is 19.9. The van der Waals surface area contributed by atoms with E-state index in [4.69, 9.17) is 14.2 Å². The summed E-state index contributed by atoms with van der Waals surface area (Å²) in [4.78, 5) is 37.5. The highest BCUT2D eigenvalue weighted by molar-refractivity contribution is 5.94. The zero-order valence-electron chi connectivity index (χ0n) is 32.5. The maximum atomic E-state index is 15.2. The third kappa shape index (κ3) is 4.63. The molecule has 10 atom stereocenters. The SMILES string of the molecule is CCC1(O)CC2CN(CCc3c([nH]c4ccccc34)C(C(=O)OC)(c3cc4c(cc3OC)NC3C(O)(C(=O)OC)C(O)C5(CC)C=CCN6CCC43C65)C2)C1. The number of para-hydroxylation sites is 1. The van der Waals surface area contributed by atoms with Crippen LogP contribution in [0.1, 0.15) is 68.3 Å². The number of anilines is 1. The minimum absolute atomic E-state index is 0.0791. The van der Waals surface area contributed by atoms with E-state index in [2.05, 4.69) is 32.2 Å². The maximum Gasteiger partial charge on any atom is 0.342 e. The molecule has 12 heteroatoms. The Labute approximate surface area is 321 Å². The van der Waals surface area contributed by atoms with Gasteiger partial charge in [-0.1, -0.05) is 44.2 Å². The lowest BCUT2D eigenvalue weighted by molar-refractivity contribution is -0.215. The van der Waals surface area contributed by atoms with Gasteiger partial charge < -0.3 is 39.8 Å². The number of hydrogen-bond acceptors (Lipinski definition) is 11. The number of piperidine rings is 1. The molecular formula is C43H54N4O8. The Bertz CT molecular complexity index is 2100. The Morgan fingerprint density at radius 1 is 0.982 bits per heavy atom. The Morgan fingerprint density at radius 3 is 2.49 bits per heavy atom. The van der Waals surface area contributed by atoms with E-state index in [9.17, 15) is 20.1 Å². The van der Waals surface area contributed by atoms with Gasteiger partial charge in [-0.15, -0.1) is 0 Å². The van der Waals surface area contributed by atoms with Crippen molar-refractivity contribution in [3.8, 4) is 5.75 Å². The van der Waals surface area contributed by atoms with Crippen LogP contribution in [0.2, 0.25) is 0 Å². The van der Waals surface area contributed by atoms with Crippen LogP contribution in [-0.4, -0.2) is 125 Å². The highest BCUT2D eigenvalue weighted by Crippen LogP contribution is 2.66. The van der Waals surface area contributed by atoms with Crippen LogP contribution in [0, 0.1) is 11.3 Å². The number of ether oxygens (including phenoxy) is 3. The molecule has 1 aromatic heterocycles. The van der Waals surface area contributed by atoms with Gasteiger partial charge in [-0.2, -0.15) is 0 Å². The molecule has 9 rings (SSSR count). The minimum Gasteiger partial charge on any atom is -0.496 e. The van der Waals surface area contributed by atoms with Gasteiger partial charge in [0.2, 0.25) is 5.60 Å². The Hall–Kier alpha value is -3.94. The van der Waals surface area contributed by atoms with Crippen LogP contribution in [0.15, 0.2) is 48.6 Å². The molecule has 10 unspecified atom stereocenters. The summed E-state index contributed by atoms with van der Waals surface area (Å²) in [6.45, 7) is 7.38. The number of aromatic nitrogens is 1. The quantitative estimate of drug-likeness (QED) is 0.186. The van der Waals surface area contributed by atoms with Crippen molar-refractivity contribution in [1.29, 1.82) is 0 Å². The summed E-state index contributed by atoms with van der Waals surface area (Å²) in [5, 5.41) is 41.5. The van der Waals surface area contributed by atoms with Crippen molar-refractivity contribution in [2.75, 3.05) is 59.4 Å². The number of nitrogens with one attached hydrogen (secondary N) is 2. The molecule has 2 bridgehead atoms. The van der Waals surface area contributed by atoms with Gasteiger partial charge in [-0.25, -0.2) is 4.79 Å². The fourth-order valence-electron chi connectivity index (χ4n) is 12.7. The number of rotatable bonds is 6. The van der Waals surface area contributed by atoms with Gasteiger partial charge >= 0.3 is 11.9 Å². The van der Waals surface area contributed by atoms with E-state index in [1.165, 1.54) is 14.2 Å². The predicted octanol–water partition coefficient (Wildman–Crippen LogP) is 3.40. The van der Waals surface area contributed by atoms with E-state index in [1.54, 1.807) is 7.11 Å². The van der Waals surface area contributed by atoms with Gasteiger partial charge in [-0.05, 0) is 74.2 Å². The number of aromatic amines is 1. The Balaban J connectivity index is 1.34. The summed E-state index contributed by atoms with van der Waals surface area (Å²) in [6.07, 6.45) is 5.77. The van der Waals surface area contributed by atoms with E-state index in [1.807, 2.05) is 50.3 Å². The fourth-order valence-corrected chi connectivity index (χ4v) is 12.7. The number of nitrogens with zero attached hydrogens (tertiary/aromatic N) is 2. The third-order valence-corrected chi connectivity index (χ3v) is 15.0. The average molecular weight is 755 g/mol. The van der Waals surface area contributed by atoms with E-state index in [0.717, 1.165) is 40.8 Å². The van der Waals surface area contributed by atoms with Gasteiger partial charge in [0.15, 0.2) is 0 Å². The van der Waals surface area contributed by atoms with E-state index >= 15 is 4.79 Å². The Morgan fingerprint density at radius 2 is 1.76 bits per heavy atom. The normalized spacial score (nSPS) is 38.7. The smallest absolute Gasteiger partial charge is 0.342 e. The second kappa shape index (κ2) is 12.5. The van der Waals surface area contributed by atoms with Crippen LogP contribution in [0.5, 0.6) is 5.75 Å². The number of fused-ring (bicyclic) bond motifs is 6. The molecule has 55 heavy (non-hydrogen) atoms. The van der Waals surface area contributed by atoms with Crippen molar-refractivity contribution in [2.45, 2.75) is 92.6 Å². The van der Waals surface area contributed by atoms with Crippen molar-refractivity contribution < 1.29 is 39.1 Å². The average Bonchev–Trinajstić information content (AvgIpc) is 3.89. The van der Waals surface area contributed by atoms with Crippen LogP contribution < -0.4 is 10.1 Å². The first-order chi connectivity index (χ1) is 26.4. The third-order valence-electron chi connectivity index (χ3n) is 15.0. The van der Waals surface area contributed by atoms with Crippen molar-refractivity contribution in [3.05, 3.63) is 70.9 Å². The second-order valence-electron chi connectivity index (χ2n) is 17.2. The number of hydrogen-bond donors (Lipinski definition) is 5. The van der Waals surface area contributed by atoms with E-state index in [0.29, 0.717) is 75.2 Å². The van der Waals surface area contributed by atoms with Gasteiger partial charge in [-0.3, -0.25) is 14.6 Å². The lowest BCUT2D eigenvalue weighted by atomic mass is 9.48. The molecule has 2 aromatic carbocycles. The molecule has 1 aliphatic carbocycles. The number of aliphatic hydroxyl groups is 3. The van der Waals surface area contributed by atoms with Gasteiger partial charge in [0.1, 0.15) is 17.3 Å². The first kappa shape index (κ1) is 36.7. The van der Waals surface area contributed by atoms with Crippen molar-refractivity contribution >= 4 is 28.5 Å². The topological polar surface area (TPSA) is 157 Å². The number of H-pyrrole nitrogens is 1. The monoisotopic (exact) mass is 754 g/mol. The van der Waals surface area contributed by atoms with Crippen molar-refractivity contribution in [3.63, 3.8) is 0 Å². The molecule has 0 amide bonds. The molecule has 3 aromatic rings. The molecule has 3 fully saturated rings. The number of carbonyl (C=O) groups excluding carboxylic acids is 2. The molecule has 1 spiro atoms. The van der Waals surface area contributed by atoms with Gasteiger partial charge in [0, 0.05) is 77.0 Å². The van der Waals surface area contributed by atoms with Gasteiger partial charge in [0.05, 0.1) is 33.0 Å². The lowest BCUT2D eigenvalue weighted by Crippen LogP contribution is -2.79. The van der Waals surface area contributed by atoms with Crippen LogP contribution >= 0.6 is 0 Å². The molecule has 6 heterocycles. The van der Waals surface area contributed by atoms with Gasteiger partial charge in [0.25, 0.3) is 0 Å². The number of carbonyl (C=O) groups is 2. The molecule has 5 aliphatic heterocycles.